The molecule has 2 atom stereocenters. The number of rotatable bonds is 9. The number of esters is 1. The second-order valence-corrected chi connectivity index (χ2v) is 7.09. The first-order valence-corrected chi connectivity index (χ1v) is 7.78. The minimum atomic E-state index is -0.680. The van der Waals surface area contributed by atoms with E-state index in [1.165, 1.54) is 7.11 Å². The third-order valence-corrected chi connectivity index (χ3v) is 3.45. The van der Waals surface area contributed by atoms with Crippen molar-refractivity contribution >= 4 is 5.97 Å². The van der Waals surface area contributed by atoms with Crippen LogP contribution in [0.25, 0.3) is 0 Å². The third kappa shape index (κ3) is 7.25. The summed E-state index contributed by atoms with van der Waals surface area (Å²) in [6, 6.07) is 0.436. The predicted octanol–water partition coefficient (Wildman–Crippen LogP) is 2.28. The number of methoxy groups -OCH3 is 1. The molecule has 0 bridgehead atoms. The minimum Gasteiger partial charge on any atom is -0.468 e. The molecule has 0 aromatic carbocycles. The van der Waals surface area contributed by atoms with Crippen molar-refractivity contribution in [2.75, 3.05) is 20.3 Å². The van der Waals surface area contributed by atoms with E-state index in [0.717, 1.165) is 12.8 Å². The maximum atomic E-state index is 12.0. The monoisotopic (exact) mass is 301 g/mol. The summed E-state index contributed by atoms with van der Waals surface area (Å²) in [5, 5.41) is 3.38. The Morgan fingerprint density at radius 2 is 1.86 bits per heavy atom. The number of ether oxygens (including phenoxy) is 3. The van der Waals surface area contributed by atoms with Crippen LogP contribution in [0, 0.1) is 0 Å². The summed E-state index contributed by atoms with van der Waals surface area (Å²) < 4.78 is 16.3. The van der Waals surface area contributed by atoms with Crippen molar-refractivity contribution in [3.63, 3.8) is 0 Å². The summed E-state index contributed by atoms with van der Waals surface area (Å²) in [6.07, 6.45) is 2.80. The highest BCUT2D eigenvalue weighted by Crippen LogP contribution is 2.26. The van der Waals surface area contributed by atoms with Gasteiger partial charge in [0, 0.05) is 12.5 Å². The average molecular weight is 301 g/mol. The molecule has 0 saturated heterocycles. The molecule has 5 nitrogen and oxygen atoms in total. The van der Waals surface area contributed by atoms with Crippen molar-refractivity contribution in [2.24, 2.45) is 0 Å². The second-order valence-electron chi connectivity index (χ2n) is 7.09. The van der Waals surface area contributed by atoms with Gasteiger partial charge in [-0.15, -0.1) is 0 Å². The van der Waals surface area contributed by atoms with Crippen LogP contribution in [0.15, 0.2) is 0 Å². The van der Waals surface area contributed by atoms with E-state index in [0.29, 0.717) is 25.7 Å². The Hall–Kier alpha value is -0.650. The first-order valence-electron chi connectivity index (χ1n) is 7.78. The number of hydrogen-bond donors (Lipinski definition) is 1. The van der Waals surface area contributed by atoms with E-state index in [9.17, 15) is 4.79 Å². The Labute approximate surface area is 128 Å². The Morgan fingerprint density at radius 1 is 1.24 bits per heavy atom. The zero-order chi connectivity index (χ0) is 16.1. The average Bonchev–Trinajstić information content (AvgIpc) is 3.16. The fourth-order valence-corrected chi connectivity index (χ4v) is 2.34. The van der Waals surface area contributed by atoms with E-state index in [1.807, 2.05) is 34.6 Å². The smallest absolute Gasteiger partial charge is 0.325 e. The molecule has 1 rings (SSSR count). The van der Waals surface area contributed by atoms with Gasteiger partial charge < -0.3 is 14.2 Å². The topological polar surface area (TPSA) is 56.8 Å². The first kappa shape index (κ1) is 18.4. The SMILES string of the molecule is COC(=O)C(C)(CC(C)OCCOC(C)(C)C)NC1CC1. The largest absolute Gasteiger partial charge is 0.468 e. The normalized spacial score (nSPS) is 19.9. The van der Waals surface area contributed by atoms with E-state index in [2.05, 4.69) is 5.32 Å². The Kier molecular flexibility index (Phi) is 6.63. The zero-order valence-corrected chi connectivity index (χ0v) is 14.3. The highest BCUT2D eigenvalue weighted by Gasteiger charge is 2.40. The van der Waals surface area contributed by atoms with Crippen LogP contribution in [-0.4, -0.2) is 49.6 Å². The van der Waals surface area contributed by atoms with Gasteiger partial charge in [-0.2, -0.15) is 0 Å². The van der Waals surface area contributed by atoms with E-state index in [-0.39, 0.29) is 17.7 Å². The van der Waals surface area contributed by atoms with Crippen molar-refractivity contribution in [1.29, 1.82) is 0 Å². The summed E-state index contributed by atoms with van der Waals surface area (Å²) >= 11 is 0. The van der Waals surface area contributed by atoms with Gasteiger partial charge in [-0.3, -0.25) is 10.1 Å². The van der Waals surface area contributed by atoms with Crippen LogP contribution in [-0.2, 0) is 19.0 Å². The maximum Gasteiger partial charge on any atom is 0.325 e. The highest BCUT2D eigenvalue weighted by molar-refractivity contribution is 5.80. The van der Waals surface area contributed by atoms with E-state index < -0.39 is 5.54 Å². The molecule has 1 fully saturated rings. The fraction of sp³-hybridized carbons (Fsp3) is 0.938. The summed E-state index contributed by atoms with van der Waals surface area (Å²) in [5.41, 5.74) is -0.832. The van der Waals surface area contributed by atoms with Crippen molar-refractivity contribution in [3.8, 4) is 0 Å². The molecule has 0 spiro atoms. The number of hydrogen-bond acceptors (Lipinski definition) is 5. The molecular weight excluding hydrogens is 270 g/mol. The van der Waals surface area contributed by atoms with Gasteiger partial charge in [-0.25, -0.2) is 0 Å². The van der Waals surface area contributed by atoms with Gasteiger partial charge in [0.1, 0.15) is 5.54 Å². The van der Waals surface area contributed by atoms with Crippen molar-refractivity contribution in [3.05, 3.63) is 0 Å². The van der Waals surface area contributed by atoms with Gasteiger partial charge in [-0.05, 0) is 47.5 Å². The fourth-order valence-electron chi connectivity index (χ4n) is 2.34. The molecule has 0 aliphatic heterocycles. The quantitative estimate of drug-likeness (QED) is 0.523. The lowest BCUT2D eigenvalue weighted by molar-refractivity contribution is -0.150. The van der Waals surface area contributed by atoms with Crippen LogP contribution in [0.1, 0.15) is 53.9 Å². The predicted molar refractivity (Wildman–Crippen MR) is 82.3 cm³/mol. The molecule has 21 heavy (non-hydrogen) atoms. The minimum absolute atomic E-state index is 0.0380. The van der Waals surface area contributed by atoms with Crippen LogP contribution < -0.4 is 5.32 Å². The van der Waals surface area contributed by atoms with E-state index >= 15 is 0 Å². The molecule has 1 aliphatic rings. The summed E-state index contributed by atoms with van der Waals surface area (Å²) in [4.78, 5) is 12.0. The van der Waals surface area contributed by atoms with Gasteiger partial charge >= 0.3 is 5.97 Å². The molecule has 0 heterocycles. The Balaban J connectivity index is 2.37. The van der Waals surface area contributed by atoms with Gasteiger partial charge in [0.2, 0.25) is 0 Å². The molecule has 0 amide bonds. The zero-order valence-electron chi connectivity index (χ0n) is 14.3. The molecule has 1 aliphatic carbocycles. The Morgan fingerprint density at radius 3 is 2.33 bits per heavy atom. The number of carbonyl (C=O) groups excluding carboxylic acids is 1. The maximum absolute atomic E-state index is 12.0. The van der Waals surface area contributed by atoms with Crippen molar-refractivity contribution in [2.45, 2.75) is 77.2 Å². The van der Waals surface area contributed by atoms with Crippen LogP contribution >= 0.6 is 0 Å². The molecule has 0 radical (unpaired) electrons. The van der Waals surface area contributed by atoms with Gasteiger partial charge in [0.05, 0.1) is 32.0 Å². The number of carbonyl (C=O) groups is 1. The van der Waals surface area contributed by atoms with Crippen molar-refractivity contribution in [1.82, 2.24) is 5.32 Å². The summed E-state index contributed by atoms with van der Waals surface area (Å²) in [5.74, 6) is -0.226. The molecule has 5 heteroatoms. The van der Waals surface area contributed by atoms with Crippen LogP contribution in [0.2, 0.25) is 0 Å². The lowest BCUT2D eigenvalue weighted by atomic mass is 9.94. The molecular formula is C16H31NO4. The van der Waals surface area contributed by atoms with E-state index in [1.54, 1.807) is 0 Å². The lowest BCUT2D eigenvalue weighted by Crippen LogP contribution is -2.53. The number of nitrogens with one attached hydrogen (secondary N) is 1. The lowest BCUT2D eigenvalue weighted by Gasteiger charge is -2.31. The third-order valence-electron chi connectivity index (χ3n) is 3.45. The van der Waals surface area contributed by atoms with Crippen LogP contribution in [0.3, 0.4) is 0 Å². The van der Waals surface area contributed by atoms with Crippen LogP contribution in [0.5, 0.6) is 0 Å². The van der Waals surface area contributed by atoms with Gasteiger partial charge in [-0.1, -0.05) is 0 Å². The summed E-state index contributed by atoms with van der Waals surface area (Å²) in [6.45, 7) is 11.0. The first-order chi connectivity index (χ1) is 9.66. The molecule has 124 valence electrons. The highest BCUT2D eigenvalue weighted by atomic mass is 16.5. The molecule has 1 N–H and O–H groups in total. The molecule has 2 unspecified atom stereocenters. The Bertz CT molecular complexity index is 336. The second kappa shape index (κ2) is 7.56. The van der Waals surface area contributed by atoms with Crippen molar-refractivity contribution < 1.29 is 19.0 Å². The van der Waals surface area contributed by atoms with Gasteiger partial charge in [0.25, 0.3) is 0 Å². The molecule has 0 aromatic heterocycles. The molecule has 0 aromatic rings. The molecule has 1 saturated carbocycles. The van der Waals surface area contributed by atoms with Gasteiger partial charge in [0.15, 0.2) is 0 Å². The standard InChI is InChI=1S/C16H31NO4/c1-12(20-9-10-21-15(2,3)4)11-16(5,14(18)19-6)17-13-7-8-13/h12-13,17H,7-11H2,1-6H3. The summed E-state index contributed by atoms with van der Waals surface area (Å²) in [7, 11) is 1.43. The van der Waals surface area contributed by atoms with E-state index in [4.69, 9.17) is 14.2 Å². The van der Waals surface area contributed by atoms with Crippen LogP contribution in [0.4, 0.5) is 0 Å².